The molecule has 2 N–H and O–H groups in total. The van der Waals surface area contributed by atoms with E-state index < -0.39 is 11.7 Å². The van der Waals surface area contributed by atoms with Crippen LogP contribution in [0.1, 0.15) is 10.4 Å². The molecule has 1 amide bonds. The zero-order chi connectivity index (χ0) is 9.42. The van der Waals surface area contributed by atoms with Crippen LogP contribution >= 0.6 is 0 Å². The molecular weight excluding hydrogens is 174 g/mol. The molecule has 13 heavy (non-hydrogen) atoms. The minimum absolute atomic E-state index is 0.0972. The number of primary amides is 1. The molecule has 0 radical (unpaired) electrons. The highest BCUT2D eigenvalue weighted by molar-refractivity contribution is 6.02. The van der Waals surface area contributed by atoms with Gasteiger partial charge in [-0.05, 0) is 12.1 Å². The van der Waals surface area contributed by atoms with Gasteiger partial charge in [0.25, 0.3) is 5.91 Å². The molecule has 0 unspecified atom stereocenters. The third-order valence-corrected chi connectivity index (χ3v) is 1.62. The Bertz CT molecular complexity index is 522. The van der Waals surface area contributed by atoms with Gasteiger partial charge in [-0.3, -0.25) is 4.79 Å². The summed E-state index contributed by atoms with van der Waals surface area (Å²) >= 11 is 0. The number of hydrogen-bond donors (Lipinski definition) is 1. The molecular formula is C8H5NO4. The molecule has 5 heteroatoms. The van der Waals surface area contributed by atoms with Crippen LogP contribution in [0.5, 0.6) is 0 Å². The highest BCUT2D eigenvalue weighted by Crippen LogP contribution is 2.16. The van der Waals surface area contributed by atoms with E-state index in [2.05, 4.69) is 8.83 Å². The summed E-state index contributed by atoms with van der Waals surface area (Å²) in [5.41, 5.74) is 5.51. The number of fused-ring (bicyclic) bond motifs is 1. The lowest BCUT2D eigenvalue weighted by molar-refractivity contribution is 0.100. The van der Waals surface area contributed by atoms with Gasteiger partial charge in [0.05, 0.1) is 5.56 Å². The normalized spacial score (nSPS) is 10.5. The zero-order valence-electron chi connectivity index (χ0n) is 6.44. The van der Waals surface area contributed by atoms with Gasteiger partial charge in [-0.25, -0.2) is 4.79 Å². The molecule has 0 aliphatic carbocycles. The molecule has 0 saturated heterocycles. The van der Waals surface area contributed by atoms with E-state index in [9.17, 15) is 9.59 Å². The van der Waals surface area contributed by atoms with E-state index in [-0.39, 0.29) is 16.7 Å². The van der Waals surface area contributed by atoms with E-state index >= 15 is 0 Å². The molecule has 2 aromatic rings. The van der Waals surface area contributed by atoms with Crippen molar-refractivity contribution in [3.8, 4) is 0 Å². The van der Waals surface area contributed by atoms with Gasteiger partial charge in [-0.2, -0.15) is 0 Å². The van der Waals surface area contributed by atoms with Gasteiger partial charge in [0, 0.05) is 0 Å². The summed E-state index contributed by atoms with van der Waals surface area (Å²) in [6.07, 6.45) is 0. The summed E-state index contributed by atoms with van der Waals surface area (Å²) in [4.78, 5) is 21.5. The van der Waals surface area contributed by atoms with Gasteiger partial charge in [-0.15, -0.1) is 0 Å². The maximum atomic E-state index is 10.8. The van der Waals surface area contributed by atoms with Crippen molar-refractivity contribution >= 4 is 17.1 Å². The van der Waals surface area contributed by atoms with Gasteiger partial charge in [0.2, 0.25) is 0 Å². The van der Waals surface area contributed by atoms with Gasteiger partial charge in [-0.1, -0.05) is 6.07 Å². The van der Waals surface area contributed by atoms with Crippen molar-refractivity contribution in [1.82, 2.24) is 0 Å². The van der Waals surface area contributed by atoms with Gasteiger partial charge in [0.1, 0.15) is 0 Å². The quantitative estimate of drug-likeness (QED) is 0.689. The summed E-state index contributed by atoms with van der Waals surface area (Å²) in [7, 11) is 0. The van der Waals surface area contributed by atoms with Crippen molar-refractivity contribution in [2.45, 2.75) is 0 Å². The monoisotopic (exact) mass is 179 g/mol. The van der Waals surface area contributed by atoms with Crippen LogP contribution in [0.15, 0.2) is 31.8 Å². The maximum absolute atomic E-state index is 10.8. The second-order valence-electron chi connectivity index (χ2n) is 2.45. The maximum Gasteiger partial charge on any atom is 0.519 e. The molecule has 1 aromatic carbocycles. The second-order valence-corrected chi connectivity index (χ2v) is 2.45. The molecule has 1 heterocycles. The number of carbonyl (C=O) groups excluding carboxylic acids is 1. The third kappa shape index (κ3) is 1.10. The van der Waals surface area contributed by atoms with Crippen LogP contribution in [0, 0.1) is 0 Å². The molecule has 0 aliphatic rings. The van der Waals surface area contributed by atoms with E-state index in [4.69, 9.17) is 5.73 Å². The number of benzene rings is 1. The van der Waals surface area contributed by atoms with E-state index in [0.29, 0.717) is 0 Å². The Kier molecular flexibility index (Phi) is 1.45. The summed E-state index contributed by atoms with van der Waals surface area (Å²) in [6.45, 7) is 0. The van der Waals surface area contributed by atoms with Crippen molar-refractivity contribution in [1.29, 1.82) is 0 Å². The van der Waals surface area contributed by atoms with Gasteiger partial charge >= 0.3 is 5.82 Å². The van der Waals surface area contributed by atoms with Crippen LogP contribution < -0.4 is 11.6 Å². The fraction of sp³-hybridized carbons (Fsp3) is 0. The van der Waals surface area contributed by atoms with Crippen molar-refractivity contribution in [3.63, 3.8) is 0 Å². The number of carbonyl (C=O) groups is 1. The summed E-state index contributed by atoms with van der Waals surface area (Å²) in [5, 5.41) is 0. The van der Waals surface area contributed by atoms with Crippen LogP contribution in [-0.2, 0) is 0 Å². The van der Waals surface area contributed by atoms with Crippen molar-refractivity contribution in [2.75, 3.05) is 0 Å². The lowest BCUT2D eigenvalue weighted by Crippen LogP contribution is -2.10. The molecule has 0 saturated carbocycles. The first kappa shape index (κ1) is 7.60. The molecule has 0 bridgehead atoms. The Hall–Kier alpha value is -2.04. The number of amides is 1. The van der Waals surface area contributed by atoms with E-state index in [0.717, 1.165) is 0 Å². The Labute approximate surface area is 71.7 Å². The average molecular weight is 179 g/mol. The Morgan fingerprint density at radius 3 is 2.77 bits per heavy atom. The topological polar surface area (TPSA) is 86.4 Å². The summed E-state index contributed by atoms with van der Waals surface area (Å²) in [6, 6.07) is 4.54. The van der Waals surface area contributed by atoms with Crippen molar-refractivity contribution < 1.29 is 13.6 Å². The first-order valence-electron chi connectivity index (χ1n) is 3.51. The SMILES string of the molecule is NC(=O)c1cccc2oc(=O)oc12. The first-order chi connectivity index (χ1) is 6.18. The standard InChI is InChI=1S/C8H5NO4/c9-7(10)4-2-1-3-5-6(4)13-8(11)12-5/h1-3H,(H2,9,10). The van der Waals surface area contributed by atoms with Crippen LogP contribution in [0.25, 0.3) is 11.2 Å². The zero-order valence-corrected chi connectivity index (χ0v) is 6.44. The number of para-hydroxylation sites is 1. The lowest BCUT2D eigenvalue weighted by atomic mass is 10.2. The van der Waals surface area contributed by atoms with E-state index in [1.165, 1.54) is 12.1 Å². The van der Waals surface area contributed by atoms with Crippen LogP contribution in [0.3, 0.4) is 0 Å². The Balaban J connectivity index is 2.90. The largest absolute Gasteiger partial charge is 0.519 e. The van der Waals surface area contributed by atoms with Crippen molar-refractivity contribution in [2.24, 2.45) is 5.73 Å². The predicted octanol–water partition coefficient (Wildman–Crippen LogP) is 0.485. The molecule has 66 valence electrons. The molecule has 0 aliphatic heterocycles. The van der Waals surface area contributed by atoms with Crippen molar-refractivity contribution in [3.05, 3.63) is 34.4 Å². The first-order valence-corrected chi connectivity index (χ1v) is 3.51. The molecule has 5 nitrogen and oxygen atoms in total. The average Bonchev–Trinajstić information content (AvgIpc) is 2.43. The second kappa shape index (κ2) is 2.48. The minimum Gasteiger partial charge on any atom is -0.391 e. The van der Waals surface area contributed by atoms with E-state index in [1.54, 1.807) is 6.07 Å². The molecule has 0 spiro atoms. The lowest BCUT2D eigenvalue weighted by Gasteiger charge is -1.92. The van der Waals surface area contributed by atoms with Crippen LogP contribution in [0.2, 0.25) is 0 Å². The molecule has 0 fully saturated rings. The Morgan fingerprint density at radius 1 is 1.31 bits per heavy atom. The molecule has 1 aromatic heterocycles. The van der Waals surface area contributed by atoms with Crippen LogP contribution in [-0.4, -0.2) is 5.91 Å². The predicted molar refractivity (Wildman–Crippen MR) is 43.3 cm³/mol. The highest BCUT2D eigenvalue weighted by Gasteiger charge is 2.11. The number of hydrogen-bond acceptors (Lipinski definition) is 4. The number of nitrogens with two attached hydrogens (primary N) is 1. The number of rotatable bonds is 1. The van der Waals surface area contributed by atoms with Crippen LogP contribution in [0.4, 0.5) is 0 Å². The fourth-order valence-corrected chi connectivity index (χ4v) is 1.09. The Morgan fingerprint density at radius 2 is 2.08 bits per heavy atom. The minimum atomic E-state index is -0.844. The van der Waals surface area contributed by atoms with Gasteiger partial charge in [0.15, 0.2) is 11.2 Å². The molecule has 2 rings (SSSR count). The summed E-state index contributed by atoms with van der Waals surface area (Å²) in [5.74, 6) is -1.50. The smallest absolute Gasteiger partial charge is 0.391 e. The van der Waals surface area contributed by atoms with Gasteiger partial charge < -0.3 is 14.6 Å². The highest BCUT2D eigenvalue weighted by atomic mass is 16.6. The third-order valence-electron chi connectivity index (χ3n) is 1.62. The molecule has 0 atom stereocenters. The van der Waals surface area contributed by atoms with E-state index in [1.807, 2.05) is 0 Å². The summed E-state index contributed by atoms with van der Waals surface area (Å²) < 4.78 is 9.27. The fourth-order valence-electron chi connectivity index (χ4n) is 1.09.